The van der Waals surface area contributed by atoms with Crippen molar-refractivity contribution >= 4 is 34.5 Å². The number of thioether (sulfide) groups is 1. The molecule has 0 radical (unpaired) electrons. The number of rotatable bonds is 6. The Morgan fingerprint density at radius 1 is 1.20 bits per heavy atom. The monoisotopic (exact) mass is 370 g/mol. The van der Waals surface area contributed by atoms with Crippen LogP contribution < -0.4 is 5.32 Å². The lowest BCUT2D eigenvalue weighted by Crippen LogP contribution is -2.08. The molecule has 128 valence electrons. The van der Waals surface area contributed by atoms with E-state index in [4.69, 9.17) is 0 Å². The molecule has 0 aliphatic carbocycles. The van der Waals surface area contributed by atoms with Crippen LogP contribution in [0.4, 0.5) is 5.13 Å². The van der Waals surface area contributed by atoms with Crippen LogP contribution in [0.25, 0.3) is 21.8 Å². The number of hydrogen-bond donors (Lipinski definition) is 1. The molecule has 3 aromatic rings. The predicted octanol–water partition coefficient (Wildman–Crippen LogP) is 4.62. The van der Waals surface area contributed by atoms with Crippen molar-refractivity contribution in [3.8, 4) is 21.8 Å². The standard InChI is InChI=1S/C18H18N4OS2/c1-11(2)20-17-19-9-16(25-17)15-8-14(21-18(22-15)24-3)13-7-5-4-6-12(13)10-23/h4-11H,1-3H3,(H,19,20). The van der Waals surface area contributed by atoms with E-state index >= 15 is 0 Å². The van der Waals surface area contributed by atoms with E-state index < -0.39 is 0 Å². The van der Waals surface area contributed by atoms with Gasteiger partial charge in [0, 0.05) is 23.4 Å². The van der Waals surface area contributed by atoms with E-state index in [0.29, 0.717) is 16.8 Å². The fourth-order valence-corrected chi connectivity index (χ4v) is 3.62. The fraction of sp³-hybridized carbons (Fsp3) is 0.222. The average Bonchev–Trinajstić information content (AvgIpc) is 3.09. The lowest BCUT2D eigenvalue weighted by molar-refractivity contribution is 0.112. The maximum Gasteiger partial charge on any atom is 0.188 e. The normalized spacial score (nSPS) is 10.9. The van der Waals surface area contributed by atoms with Gasteiger partial charge in [0.15, 0.2) is 16.6 Å². The summed E-state index contributed by atoms with van der Waals surface area (Å²) < 4.78 is 0. The van der Waals surface area contributed by atoms with Crippen molar-refractivity contribution in [1.29, 1.82) is 0 Å². The number of hydrogen-bond acceptors (Lipinski definition) is 7. The lowest BCUT2D eigenvalue weighted by atomic mass is 10.0. The van der Waals surface area contributed by atoms with Crippen LogP contribution in [0.1, 0.15) is 24.2 Å². The topological polar surface area (TPSA) is 67.8 Å². The smallest absolute Gasteiger partial charge is 0.188 e. The predicted molar refractivity (Wildman–Crippen MR) is 105 cm³/mol. The van der Waals surface area contributed by atoms with Crippen LogP contribution in [0.15, 0.2) is 41.7 Å². The summed E-state index contributed by atoms with van der Waals surface area (Å²) in [6.45, 7) is 4.15. The minimum Gasteiger partial charge on any atom is -0.359 e. The van der Waals surface area contributed by atoms with Crippen molar-refractivity contribution in [3.63, 3.8) is 0 Å². The van der Waals surface area contributed by atoms with E-state index in [-0.39, 0.29) is 0 Å². The highest BCUT2D eigenvalue weighted by Crippen LogP contribution is 2.32. The highest BCUT2D eigenvalue weighted by molar-refractivity contribution is 7.98. The Bertz CT molecular complexity index is 892. The van der Waals surface area contributed by atoms with Crippen molar-refractivity contribution in [1.82, 2.24) is 15.0 Å². The summed E-state index contributed by atoms with van der Waals surface area (Å²) in [5.74, 6) is 0. The zero-order chi connectivity index (χ0) is 17.8. The van der Waals surface area contributed by atoms with E-state index in [2.05, 4.69) is 34.1 Å². The summed E-state index contributed by atoms with van der Waals surface area (Å²) in [4.78, 5) is 25.9. The van der Waals surface area contributed by atoms with Crippen LogP contribution in [0, 0.1) is 0 Å². The highest BCUT2D eigenvalue weighted by atomic mass is 32.2. The molecule has 0 fully saturated rings. The summed E-state index contributed by atoms with van der Waals surface area (Å²) >= 11 is 3.03. The van der Waals surface area contributed by atoms with Crippen molar-refractivity contribution < 1.29 is 4.79 Å². The van der Waals surface area contributed by atoms with Crippen LogP contribution in [0.3, 0.4) is 0 Å². The quantitative estimate of drug-likeness (QED) is 0.388. The molecule has 2 aromatic heterocycles. The summed E-state index contributed by atoms with van der Waals surface area (Å²) in [6, 6.07) is 9.67. The van der Waals surface area contributed by atoms with Crippen LogP contribution >= 0.6 is 23.1 Å². The van der Waals surface area contributed by atoms with E-state index in [1.165, 1.54) is 11.8 Å². The maximum absolute atomic E-state index is 11.4. The van der Waals surface area contributed by atoms with E-state index in [9.17, 15) is 4.79 Å². The van der Waals surface area contributed by atoms with Gasteiger partial charge in [-0.15, -0.1) is 0 Å². The second-order valence-corrected chi connectivity index (χ2v) is 7.46. The lowest BCUT2D eigenvalue weighted by Gasteiger charge is -2.08. The summed E-state index contributed by atoms with van der Waals surface area (Å²) in [6.07, 6.45) is 4.61. The first-order chi connectivity index (χ1) is 12.1. The van der Waals surface area contributed by atoms with Gasteiger partial charge in [0.1, 0.15) is 0 Å². The first-order valence-electron chi connectivity index (χ1n) is 7.81. The molecule has 0 atom stereocenters. The molecule has 25 heavy (non-hydrogen) atoms. The Morgan fingerprint density at radius 2 is 1.96 bits per heavy atom. The van der Waals surface area contributed by atoms with Gasteiger partial charge in [-0.25, -0.2) is 15.0 Å². The number of anilines is 1. The first kappa shape index (κ1) is 17.6. The third-order valence-corrected chi connectivity index (χ3v) is 4.92. The van der Waals surface area contributed by atoms with Gasteiger partial charge in [0.05, 0.1) is 16.3 Å². The molecule has 0 saturated heterocycles. The molecule has 1 N–H and O–H groups in total. The molecule has 0 spiro atoms. The van der Waals surface area contributed by atoms with Crippen LogP contribution in [-0.2, 0) is 0 Å². The summed E-state index contributed by atoms with van der Waals surface area (Å²) in [7, 11) is 0. The van der Waals surface area contributed by atoms with E-state index in [0.717, 1.165) is 33.2 Å². The minimum absolute atomic E-state index is 0.321. The van der Waals surface area contributed by atoms with Crippen molar-refractivity contribution in [2.75, 3.05) is 11.6 Å². The zero-order valence-electron chi connectivity index (χ0n) is 14.2. The second-order valence-electron chi connectivity index (χ2n) is 5.66. The van der Waals surface area contributed by atoms with Crippen molar-refractivity contribution in [3.05, 3.63) is 42.1 Å². The Kier molecular flexibility index (Phi) is 5.45. The summed E-state index contributed by atoms with van der Waals surface area (Å²) in [5, 5.41) is 4.83. The molecule has 0 amide bonds. The number of nitrogens with zero attached hydrogens (tertiary/aromatic N) is 3. The molecule has 0 aliphatic heterocycles. The van der Waals surface area contributed by atoms with Crippen LogP contribution in [-0.4, -0.2) is 33.5 Å². The highest BCUT2D eigenvalue weighted by Gasteiger charge is 2.13. The van der Waals surface area contributed by atoms with Gasteiger partial charge in [-0.3, -0.25) is 4.79 Å². The molecule has 2 heterocycles. The fourth-order valence-electron chi connectivity index (χ4n) is 2.32. The first-order valence-corrected chi connectivity index (χ1v) is 9.85. The molecule has 0 aliphatic rings. The molecule has 1 aromatic carbocycles. The molecular weight excluding hydrogens is 352 g/mol. The number of carbonyl (C=O) groups is 1. The SMILES string of the molecule is CSc1nc(-c2cnc(NC(C)C)s2)cc(-c2ccccc2C=O)n1. The van der Waals surface area contributed by atoms with Gasteiger partial charge in [0.2, 0.25) is 0 Å². The van der Waals surface area contributed by atoms with Gasteiger partial charge < -0.3 is 5.32 Å². The summed E-state index contributed by atoms with van der Waals surface area (Å²) in [5.41, 5.74) is 2.97. The number of carbonyl (C=O) groups excluding carboxylic acids is 1. The second kappa shape index (κ2) is 7.76. The minimum atomic E-state index is 0.321. The molecular formula is C18H18N4OS2. The Morgan fingerprint density at radius 3 is 2.68 bits per heavy atom. The molecule has 0 unspecified atom stereocenters. The van der Waals surface area contributed by atoms with Crippen LogP contribution in [0.2, 0.25) is 0 Å². The average molecular weight is 371 g/mol. The number of aromatic nitrogens is 3. The molecule has 5 nitrogen and oxygen atoms in total. The third-order valence-electron chi connectivity index (χ3n) is 3.42. The number of aldehydes is 1. The molecule has 3 rings (SSSR count). The van der Waals surface area contributed by atoms with Gasteiger partial charge in [-0.05, 0) is 26.2 Å². The van der Waals surface area contributed by atoms with Crippen LogP contribution in [0.5, 0.6) is 0 Å². The zero-order valence-corrected chi connectivity index (χ0v) is 15.8. The Balaban J connectivity index is 2.06. The van der Waals surface area contributed by atoms with E-state index in [1.807, 2.05) is 36.7 Å². The maximum atomic E-state index is 11.4. The number of thiazole rings is 1. The molecule has 7 heteroatoms. The van der Waals surface area contributed by atoms with Crippen molar-refractivity contribution in [2.24, 2.45) is 0 Å². The van der Waals surface area contributed by atoms with E-state index in [1.54, 1.807) is 17.4 Å². The van der Waals surface area contributed by atoms with Gasteiger partial charge in [-0.2, -0.15) is 0 Å². The molecule has 0 saturated carbocycles. The van der Waals surface area contributed by atoms with Gasteiger partial charge >= 0.3 is 0 Å². The van der Waals surface area contributed by atoms with Crippen molar-refractivity contribution in [2.45, 2.75) is 25.0 Å². The largest absolute Gasteiger partial charge is 0.359 e. The van der Waals surface area contributed by atoms with Gasteiger partial charge in [-0.1, -0.05) is 47.4 Å². The third kappa shape index (κ3) is 4.05. The van der Waals surface area contributed by atoms with Gasteiger partial charge in [0.25, 0.3) is 0 Å². The number of benzene rings is 1. The Labute approximate surface area is 155 Å². The Hall–Kier alpha value is -2.25. The molecule has 0 bridgehead atoms. The number of nitrogens with one attached hydrogen (secondary N) is 1.